The van der Waals surface area contributed by atoms with E-state index in [1.807, 2.05) is 0 Å². The lowest BCUT2D eigenvalue weighted by molar-refractivity contribution is 0.916. The van der Waals surface area contributed by atoms with Crippen LogP contribution in [-0.2, 0) is 0 Å². The second-order valence-corrected chi connectivity index (χ2v) is 18.9. The maximum Gasteiger partial charge on any atom is 0.202 e. The maximum atomic E-state index is 2.92. The van der Waals surface area contributed by atoms with Gasteiger partial charge in [-0.05, 0) is 28.1 Å². The van der Waals surface area contributed by atoms with Gasteiger partial charge in [0.25, 0.3) is 0 Å². The van der Waals surface area contributed by atoms with E-state index in [2.05, 4.69) is 92.0 Å². The molecule has 0 amide bonds. The van der Waals surface area contributed by atoms with Crippen LogP contribution in [0.25, 0.3) is 11.1 Å². The molecule has 3 rings (SSSR count). The number of rotatable bonds is 4. The summed E-state index contributed by atoms with van der Waals surface area (Å²) in [5, 5.41) is 0. The summed E-state index contributed by atoms with van der Waals surface area (Å²) in [7, 11) is -1.49. The smallest absolute Gasteiger partial charge is 0.202 e. The monoisotopic (exact) mass is 337 g/mol. The molecule has 23 heavy (non-hydrogen) atoms. The molecule has 0 fully saturated rings. The third-order valence-corrected chi connectivity index (χ3v) is 12.6. The van der Waals surface area contributed by atoms with Crippen molar-refractivity contribution >= 4 is 23.9 Å². The lowest BCUT2D eigenvalue weighted by Gasteiger charge is -2.45. The minimum atomic E-state index is -1.34. The molecule has 0 radical (unpaired) electrons. The SMILES string of the molecule is C[Si](C)(C)N(BC1c2ccccc2-c2ccccc21)[Si](C)(C)C. The molecule has 1 aliphatic carbocycles. The average molecular weight is 337 g/mol. The highest BCUT2D eigenvalue weighted by molar-refractivity contribution is 6.96. The lowest BCUT2D eigenvalue weighted by Crippen LogP contribution is -2.61. The predicted molar refractivity (Wildman–Crippen MR) is 109 cm³/mol. The lowest BCUT2D eigenvalue weighted by atomic mass is 9.71. The van der Waals surface area contributed by atoms with Crippen LogP contribution in [0.4, 0.5) is 0 Å². The third kappa shape index (κ3) is 3.12. The molecule has 0 atom stereocenters. The van der Waals surface area contributed by atoms with Crippen LogP contribution >= 0.6 is 0 Å². The number of fused-ring (bicyclic) bond motifs is 3. The summed E-state index contributed by atoms with van der Waals surface area (Å²) in [6.45, 7) is 15.0. The van der Waals surface area contributed by atoms with E-state index < -0.39 is 16.5 Å². The number of hydrogen-bond donors (Lipinski definition) is 0. The van der Waals surface area contributed by atoms with Crippen molar-refractivity contribution in [2.75, 3.05) is 0 Å². The zero-order valence-electron chi connectivity index (χ0n) is 15.4. The van der Waals surface area contributed by atoms with E-state index in [1.165, 1.54) is 29.7 Å². The van der Waals surface area contributed by atoms with Gasteiger partial charge >= 0.3 is 0 Å². The van der Waals surface area contributed by atoms with Gasteiger partial charge in [-0.1, -0.05) is 87.8 Å². The Bertz CT molecular complexity index is 656. The average Bonchev–Trinajstić information content (AvgIpc) is 2.77. The van der Waals surface area contributed by atoms with Crippen molar-refractivity contribution in [3.05, 3.63) is 59.7 Å². The molecule has 2 aromatic rings. The van der Waals surface area contributed by atoms with Crippen molar-refractivity contribution in [1.82, 2.24) is 4.14 Å². The summed E-state index contributed by atoms with van der Waals surface area (Å²) < 4.78 is 2.92. The van der Waals surface area contributed by atoms with E-state index in [9.17, 15) is 0 Å². The fourth-order valence-corrected chi connectivity index (χ4v) is 13.7. The Kier molecular flexibility index (Phi) is 4.19. The minimum Gasteiger partial charge on any atom is -0.390 e. The molecule has 4 heteroatoms. The highest BCUT2D eigenvalue weighted by Gasteiger charge is 2.39. The zero-order valence-corrected chi connectivity index (χ0v) is 17.4. The molecule has 0 saturated carbocycles. The fraction of sp³-hybridized carbons (Fsp3) is 0.368. The van der Waals surface area contributed by atoms with Crippen molar-refractivity contribution in [3.8, 4) is 11.1 Å². The van der Waals surface area contributed by atoms with E-state index in [-0.39, 0.29) is 0 Å². The topological polar surface area (TPSA) is 3.24 Å². The van der Waals surface area contributed by atoms with Crippen LogP contribution in [-0.4, -0.2) is 28.0 Å². The van der Waals surface area contributed by atoms with Crippen molar-refractivity contribution < 1.29 is 0 Å². The summed E-state index contributed by atoms with van der Waals surface area (Å²) in [5.74, 6) is 0.529. The molecule has 0 N–H and O–H groups in total. The van der Waals surface area contributed by atoms with Gasteiger partial charge in [0, 0.05) is 0 Å². The summed E-state index contributed by atoms with van der Waals surface area (Å²) in [6.07, 6.45) is 0. The molecule has 0 aromatic heterocycles. The van der Waals surface area contributed by atoms with Gasteiger partial charge in [0.15, 0.2) is 0 Å². The van der Waals surface area contributed by atoms with Crippen molar-refractivity contribution in [2.45, 2.75) is 45.1 Å². The van der Waals surface area contributed by atoms with Crippen molar-refractivity contribution in [2.24, 2.45) is 0 Å². The molecular formula is C19H28BNSi2. The first-order valence-corrected chi connectivity index (χ1v) is 15.5. The molecule has 1 nitrogen and oxygen atoms in total. The number of nitrogens with zero attached hydrogens (tertiary/aromatic N) is 1. The molecule has 0 spiro atoms. The van der Waals surface area contributed by atoms with E-state index >= 15 is 0 Å². The summed E-state index contributed by atoms with van der Waals surface area (Å²) in [5.41, 5.74) is 5.93. The molecule has 0 unspecified atom stereocenters. The minimum absolute atomic E-state index is 0.529. The molecule has 120 valence electrons. The Labute approximate surface area is 144 Å². The zero-order chi connectivity index (χ0) is 16.8. The Morgan fingerprint density at radius 3 is 1.48 bits per heavy atom. The van der Waals surface area contributed by atoms with Crippen LogP contribution < -0.4 is 0 Å². The molecule has 0 aliphatic heterocycles. The predicted octanol–water partition coefficient (Wildman–Crippen LogP) is 5.08. The Morgan fingerprint density at radius 2 is 1.09 bits per heavy atom. The Hall–Kier alpha value is -1.10. The van der Waals surface area contributed by atoms with Gasteiger partial charge in [-0.3, -0.25) is 0 Å². The van der Waals surface area contributed by atoms with E-state index in [4.69, 9.17) is 0 Å². The quantitative estimate of drug-likeness (QED) is 0.703. The molecule has 0 saturated heterocycles. The summed E-state index contributed by atoms with van der Waals surface area (Å²) in [4.78, 5) is 0. The second-order valence-electron chi connectivity index (χ2n) is 8.68. The van der Waals surface area contributed by atoms with Gasteiger partial charge in [0.2, 0.25) is 7.41 Å². The molecule has 2 aromatic carbocycles. The normalized spacial score (nSPS) is 14.7. The van der Waals surface area contributed by atoms with Crippen LogP contribution in [0.15, 0.2) is 48.5 Å². The standard InChI is InChI=1S/C19H28BNSi2/c1-22(2,3)21(23(4,5)6)20-19-17-13-9-7-11-15(17)16-12-8-10-14-18(16)19/h7-14,19-20H,1-6H3. The van der Waals surface area contributed by atoms with Gasteiger partial charge in [-0.25, -0.2) is 0 Å². The number of benzene rings is 2. The maximum absolute atomic E-state index is 2.92. The van der Waals surface area contributed by atoms with Gasteiger partial charge in [0.1, 0.15) is 16.5 Å². The molecule has 0 heterocycles. The third-order valence-electron chi connectivity index (χ3n) is 4.95. The van der Waals surface area contributed by atoms with Crippen LogP contribution in [0.3, 0.4) is 0 Å². The Balaban J connectivity index is 2.06. The summed E-state index contributed by atoms with van der Waals surface area (Å²) in [6, 6.07) is 18.0. The van der Waals surface area contributed by atoms with Gasteiger partial charge < -0.3 is 4.14 Å². The summed E-state index contributed by atoms with van der Waals surface area (Å²) >= 11 is 0. The highest BCUT2D eigenvalue weighted by Crippen LogP contribution is 2.44. The molecule has 0 bridgehead atoms. The largest absolute Gasteiger partial charge is 0.390 e. The first-order chi connectivity index (χ1) is 10.7. The number of hydrogen-bond acceptors (Lipinski definition) is 1. The Morgan fingerprint density at radius 1 is 0.696 bits per heavy atom. The van der Waals surface area contributed by atoms with Crippen molar-refractivity contribution in [3.63, 3.8) is 0 Å². The van der Waals surface area contributed by atoms with Gasteiger partial charge in [-0.2, -0.15) is 0 Å². The van der Waals surface area contributed by atoms with E-state index in [0.717, 1.165) is 0 Å². The second kappa shape index (κ2) is 5.76. The van der Waals surface area contributed by atoms with E-state index in [1.54, 1.807) is 0 Å². The fourth-order valence-electron chi connectivity index (χ4n) is 4.19. The van der Waals surface area contributed by atoms with Gasteiger partial charge in [0.05, 0.1) is 0 Å². The van der Waals surface area contributed by atoms with Crippen LogP contribution in [0.5, 0.6) is 0 Å². The van der Waals surface area contributed by atoms with Crippen LogP contribution in [0.1, 0.15) is 16.9 Å². The van der Waals surface area contributed by atoms with Crippen LogP contribution in [0.2, 0.25) is 39.3 Å². The van der Waals surface area contributed by atoms with Gasteiger partial charge in [-0.15, -0.1) is 0 Å². The van der Waals surface area contributed by atoms with E-state index in [0.29, 0.717) is 5.82 Å². The molecular weight excluding hydrogens is 309 g/mol. The van der Waals surface area contributed by atoms with Crippen molar-refractivity contribution in [1.29, 1.82) is 0 Å². The molecule has 1 aliphatic rings. The first kappa shape index (κ1) is 16.7. The highest BCUT2D eigenvalue weighted by atomic mass is 28.4. The van der Waals surface area contributed by atoms with Crippen LogP contribution in [0, 0.1) is 0 Å². The first-order valence-electron chi connectivity index (χ1n) is 8.65.